The zero-order valence-electron chi connectivity index (χ0n) is 7.90. The molecule has 1 rings (SSSR count). The molecule has 1 unspecified atom stereocenters. The van der Waals surface area contributed by atoms with Crippen LogP contribution in [0.25, 0.3) is 0 Å². The van der Waals surface area contributed by atoms with Gasteiger partial charge in [-0.3, -0.25) is 0 Å². The van der Waals surface area contributed by atoms with Crippen molar-refractivity contribution in [2.45, 2.75) is 12.8 Å². The smallest absolute Gasteiger partial charge is 0.000710 e. The lowest BCUT2D eigenvalue weighted by Gasteiger charge is -2.04. The van der Waals surface area contributed by atoms with E-state index in [2.05, 4.69) is 49.6 Å². The Kier molecular flexibility index (Phi) is 3.81. The van der Waals surface area contributed by atoms with Crippen molar-refractivity contribution in [1.29, 1.82) is 0 Å². The van der Waals surface area contributed by atoms with Crippen LogP contribution in [0.4, 0.5) is 0 Å². The summed E-state index contributed by atoms with van der Waals surface area (Å²) in [5.74, 6) is 0.450. The first kappa shape index (κ1) is 9.57. The lowest BCUT2D eigenvalue weighted by Crippen LogP contribution is -1.86. The van der Waals surface area contributed by atoms with Crippen molar-refractivity contribution in [1.82, 2.24) is 0 Å². The minimum Gasteiger partial charge on any atom is -0.129 e. The predicted molar refractivity (Wildman–Crippen MR) is 57.7 cm³/mol. The molecule has 0 radical (unpaired) electrons. The minimum absolute atomic E-state index is 0.450. The van der Waals surface area contributed by atoms with Gasteiger partial charge < -0.3 is 0 Å². The maximum absolute atomic E-state index is 3.50. The van der Waals surface area contributed by atoms with E-state index in [0.29, 0.717) is 5.92 Å². The fraction of sp³-hybridized carbons (Fsp3) is 0.154. The molecule has 0 nitrogen and oxygen atoms in total. The summed E-state index contributed by atoms with van der Waals surface area (Å²) in [6.07, 6.45) is 5.93. The standard InChI is InChI=1S/C13H14/c1-3-4-6-9-12(2)13-10-7-5-8-11-13/h4-12H,1H2,2H3. The van der Waals surface area contributed by atoms with Crippen LogP contribution in [-0.2, 0) is 0 Å². The van der Waals surface area contributed by atoms with Crippen molar-refractivity contribution >= 4 is 0 Å². The number of hydrogen-bond acceptors (Lipinski definition) is 0. The fourth-order valence-electron chi connectivity index (χ4n) is 1.16. The maximum atomic E-state index is 3.50. The molecule has 0 heteroatoms. The third-order valence-electron chi connectivity index (χ3n) is 1.94. The Morgan fingerprint density at radius 3 is 2.62 bits per heavy atom. The molecule has 0 heterocycles. The normalized spacial score (nSPS) is 12.4. The molecule has 0 N–H and O–H groups in total. The molecular weight excluding hydrogens is 156 g/mol. The van der Waals surface area contributed by atoms with Crippen LogP contribution in [0.1, 0.15) is 18.4 Å². The van der Waals surface area contributed by atoms with E-state index in [0.717, 1.165) is 0 Å². The van der Waals surface area contributed by atoms with Gasteiger partial charge in [-0.25, -0.2) is 0 Å². The summed E-state index contributed by atoms with van der Waals surface area (Å²) in [6.45, 7) is 5.67. The highest BCUT2D eigenvalue weighted by Crippen LogP contribution is 2.15. The van der Waals surface area contributed by atoms with Crippen molar-refractivity contribution in [2.75, 3.05) is 0 Å². The quantitative estimate of drug-likeness (QED) is 0.479. The maximum Gasteiger partial charge on any atom is -0.000710 e. The van der Waals surface area contributed by atoms with Crippen molar-refractivity contribution < 1.29 is 0 Å². The molecule has 1 aromatic rings. The molecule has 0 fully saturated rings. The molecule has 0 amide bonds. The number of rotatable bonds is 3. The summed E-state index contributed by atoms with van der Waals surface area (Å²) in [7, 11) is 0. The van der Waals surface area contributed by atoms with Crippen molar-refractivity contribution in [3.63, 3.8) is 0 Å². The zero-order chi connectivity index (χ0) is 9.52. The molecule has 13 heavy (non-hydrogen) atoms. The van der Waals surface area contributed by atoms with E-state index in [9.17, 15) is 0 Å². The summed E-state index contributed by atoms with van der Waals surface area (Å²) >= 11 is 0. The van der Waals surface area contributed by atoms with Crippen LogP contribution in [0.15, 0.2) is 60.9 Å². The SMILES string of the molecule is C=C=CC=CC(C)c1ccccc1. The molecular formula is C13H14. The van der Waals surface area contributed by atoms with E-state index >= 15 is 0 Å². The van der Waals surface area contributed by atoms with Crippen LogP contribution in [0.5, 0.6) is 0 Å². The van der Waals surface area contributed by atoms with E-state index in [1.807, 2.05) is 18.2 Å². The minimum atomic E-state index is 0.450. The monoisotopic (exact) mass is 170 g/mol. The van der Waals surface area contributed by atoms with Gasteiger partial charge in [-0.05, 0) is 17.6 Å². The van der Waals surface area contributed by atoms with Crippen LogP contribution in [0, 0.1) is 0 Å². The van der Waals surface area contributed by atoms with E-state index in [1.165, 1.54) is 5.56 Å². The molecule has 0 spiro atoms. The summed E-state index contributed by atoms with van der Waals surface area (Å²) < 4.78 is 0. The third kappa shape index (κ3) is 3.14. The second-order valence-electron chi connectivity index (χ2n) is 2.96. The van der Waals surface area contributed by atoms with Crippen molar-refractivity contribution in [3.8, 4) is 0 Å². The molecule has 0 bridgehead atoms. The first-order valence-corrected chi connectivity index (χ1v) is 4.42. The topological polar surface area (TPSA) is 0 Å². The Bertz CT molecular complexity index is 313. The third-order valence-corrected chi connectivity index (χ3v) is 1.94. The molecule has 0 saturated heterocycles. The van der Waals surface area contributed by atoms with Gasteiger partial charge in [0.15, 0.2) is 0 Å². The van der Waals surface area contributed by atoms with Crippen molar-refractivity contribution in [3.05, 3.63) is 66.4 Å². The van der Waals surface area contributed by atoms with Crippen LogP contribution in [-0.4, -0.2) is 0 Å². The van der Waals surface area contributed by atoms with E-state index in [-0.39, 0.29) is 0 Å². The van der Waals surface area contributed by atoms with E-state index in [1.54, 1.807) is 0 Å². The predicted octanol–water partition coefficient (Wildman–Crippen LogP) is 3.69. The highest BCUT2D eigenvalue weighted by molar-refractivity contribution is 5.23. The largest absolute Gasteiger partial charge is 0.129 e. The second kappa shape index (κ2) is 5.18. The first-order valence-electron chi connectivity index (χ1n) is 4.42. The molecule has 0 saturated carbocycles. The Balaban J connectivity index is 2.69. The second-order valence-corrected chi connectivity index (χ2v) is 2.96. The lowest BCUT2D eigenvalue weighted by atomic mass is 10.0. The molecule has 0 aliphatic rings. The zero-order valence-corrected chi connectivity index (χ0v) is 7.90. The van der Waals surface area contributed by atoms with Gasteiger partial charge in [0.2, 0.25) is 0 Å². The van der Waals surface area contributed by atoms with Gasteiger partial charge in [0.25, 0.3) is 0 Å². The average molecular weight is 170 g/mol. The lowest BCUT2D eigenvalue weighted by molar-refractivity contribution is 0.968. The first-order chi connectivity index (χ1) is 6.34. The van der Waals surface area contributed by atoms with Crippen LogP contribution >= 0.6 is 0 Å². The fourth-order valence-corrected chi connectivity index (χ4v) is 1.16. The average Bonchev–Trinajstić information content (AvgIpc) is 2.19. The van der Waals surface area contributed by atoms with Gasteiger partial charge in [0.05, 0.1) is 0 Å². The highest BCUT2D eigenvalue weighted by atomic mass is 14.0. The molecule has 66 valence electrons. The molecule has 0 aromatic heterocycles. The Morgan fingerprint density at radius 2 is 2.00 bits per heavy atom. The van der Waals surface area contributed by atoms with Crippen LogP contribution < -0.4 is 0 Å². The number of hydrogen-bond donors (Lipinski definition) is 0. The van der Waals surface area contributed by atoms with Gasteiger partial charge in [0.1, 0.15) is 0 Å². The van der Waals surface area contributed by atoms with Gasteiger partial charge in [-0.1, -0.05) is 56.0 Å². The molecule has 1 atom stereocenters. The van der Waals surface area contributed by atoms with Crippen LogP contribution in [0.2, 0.25) is 0 Å². The number of benzene rings is 1. The Hall–Kier alpha value is -1.52. The Morgan fingerprint density at radius 1 is 1.31 bits per heavy atom. The summed E-state index contributed by atoms with van der Waals surface area (Å²) in [6, 6.07) is 10.4. The van der Waals surface area contributed by atoms with Gasteiger partial charge in [0, 0.05) is 0 Å². The van der Waals surface area contributed by atoms with E-state index in [4.69, 9.17) is 0 Å². The highest BCUT2D eigenvalue weighted by Gasteiger charge is 1.97. The number of allylic oxidation sites excluding steroid dienone is 3. The summed E-state index contributed by atoms with van der Waals surface area (Å²) in [5, 5.41) is 0. The summed E-state index contributed by atoms with van der Waals surface area (Å²) in [5.41, 5.74) is 4.04. The van der Waals surface area contributed by atoms with Crippen LogP contribution in [0.3, 0.4) is 0 Å². The van der Waals surface area contributed by atoms with E-state index < -0.39 is 0 Å². The van der Waals surface area contributed by atoms with Gasteiger partial charge in [-0.2, -0.15) is 0 Å². The van der Waals surface area contributed by atoms with Gasteiger partial charge in [-0.15, -0.1) is 5.73 Å². The molecule has 0 aliphatic heterocycles. The van der Waals surface area contributed by atoms with Gasteiger partial charge >= 0.3 is 0 Å². The molecule has 0 aliphatic carbocycles. The molecule has 1 aromatic carbocycles. The Labute approximate surface area is 79.9 Å². The summed E-state index contributed by atoms with van der Waals surface area (Å²) in [4.78, 5) is 0. The van der Waals surface area contributed by atoms with Crippen molar-refractivity contribution in [2.24, 2.45) is 0 Å².